The van der Waals surface area contributed by atoms with Crippen molar-refractivity contribution in [2.24, 2.45) is 5.73 Å². The van der Waals surface area contributed by atoms with E-state index >= 15 is 0 Å². The van der Waals surface area contributed by atoms with Crippen molar-refractivity contribution in [1.82, 2.24) is 0 Å². The summed E-state index contributed by atoms with van der Waals surface area (Å²) in [7, 11) is 0. The normalized spacial score (nSPS) is 22.4. The van der Waals surface area contributed by atoms with Crippen LogP contribution in [0.1, 0.15) is 0 Å². The van der Waals surface area contributed by atoms with Gasteiger partial charge < -0.3 is 10.5 Å². The van der Waals surface area contributed by atoms with Crippen LogP contribution in [-0.4, -0.2) is 23.6 Å². The van der Waals surface area contributed by atoms with Gasteiger partial charge in [0.1, 0.15) is 0 Å². The third kappa shape index (κ3) is 4.57. The van der Waals surface area contributed by atoms with Gasteiger partial charge in [0.15, 0.2) is 5.17 Å². The maximum Gasteiger partial charge on any atom is 0.151 e. The van der Waals surface area contributed by atoms with Gasteiger partial charge in [0.25, 0.3) is 0 Å². The fourth-order valence-electron chi connectivity index (χ4n) is 0.347. The Labute approximate surface area is 64.2 Å². The largest absolute Gasteiger partial charge is 0.379 e. The van der Waals surface area contributed by atoms with Crippen molar-refractivity contribution < 1.29 is 4.74 Å². The summed E-state index contributed by atoms with van der Waals surface area (Å²) in [5.74, 6) is 0.843. The van der Waals surface area contributed by atoms with Crippen LogP contribution >= 0.6 is 24.2 Å². The molecule has 1 unspecified atom stereocenters. The molecule has 9 heavy (non-hydrogen) atoms. The molecule has 0 radical (unpaired) electrons. The molecule has 54 valence electrons. The minimum atomic E-state index is 0. The van der Waals surface area contributed by atoms with Crippen LogP contribution in [0.5, 0.6) is 0 Å². The molecule has 1 fully saturated rings. The van der Waals surface area contributed by atoms with Crippen LogP contribution in [0.2, 0.25) is 0 Å². The number of epoxide rings is 1. The van der Waals surface area contributed by atoms with E-state index in [0.29, 0.717) is 6.10 Å². The van der Waals surface area contributed by atoms with Crippen LogP contribution in [0.4, 0.5) is 0 Å². The SMILES string of the molecule is Cl.N=C(N)SCC1CO1. The van der Waals surface area contributed by atoms with Crippen molar-refractivity contribution in [2.75, 3.05) is 12.4 Å². The van der Waals surface area contributed by atoms with Crippen LogP contribution in [0.15, 0.2) is 0 Å². The highest BCUT2D eigenvalue weighted by molar-refractivity contribution is 8.13. The standard InChI is InChI=1S/C4H8N2OS.ClH/c5-4(6)8-2-3-1-7-3;/h3H,1-2H2,(H3,5,6);1H. The molecule has 1 atom stereocenters. The quantitative estimate of drug-likeness (QED) is 0.357. The van der Waals surface area contributed by atoms with Gasteiger partial charge in [-0.25, -0.2) is 0 Å². The summed E-state index contributed by atoms with van der Waals surface area (Å²) in [6, 6.07) is 0. The van der Waals surface area contributed by atoms with E-state index in [0.717, 1.165) is 12.4 Å². The minimum absolute atomic E-state index is 0. The molecular weight excluding hydrogens is 160 g/mol. The number of halogens is 1. The first-order valence-electron chi connectivity index (χ1n) is 2.37. The highest BCUT2D eigenvalue weighted by Crippen LogP contribution is 2.14. The molecule has 0 aliphatic carbocycles. The first-order valence-corrected chi connectivity index (χ1v) is 3.36. The van der Waals surface area contributed by atoms with Gasteiger partial charge in [-0.3, -0.25) is 5.41 Å². The van der Waals surface area contributed by atoms with Gasteiger partial charge in [-0.05, 0) is 0 Å². The Bertz CT molecular complexity index is 107. The Morgan fingerprint density at radius 1 is 1.89 bits per heavy atom. The lowest BCUT2D eigenvalue weighted by Crippen LogP contribution is -2.06. The second kappa shape index (κ2) is 3.98. The molecule has 0 bridgehead atoms. The summed E-state index contributed by atoms with van der Waals surface area (Å²) in [6.07, 6.45) is 0.379. The lowest BCUT2D eigenvalue weighted by molar-refractivity contribution is 0.426. The van der Waals surface area contributed by atoms with Crippen LogP contribution < -0.4 is 5.73 Å². The van der Waals surface area contributed by atoms with E-state index in [1.807, 2.05) is 0 Å². The molecule has 0 saturated carbocycles. The van der Waals surface area contributed by atoms with E-state index in [4.69, 9.17) is 15.9 Å². The summed E-state index contributed by atoms with van der Waals surface area (Å²) in [5, 5.41) is 6.98. The van der Waals surface area contributed by atoms with Crippen molar-refractivity contribution in [2.45, 2.75) is 6.10 Å². The summed E-state index contributed by atoms with van der Waals surface area (Å²) < 4.78 is 4.89. The Kier molecular flexibility index (Phi) is 4.01. The monoisotopic (exact) mass is 168 g/mol. The topological polar surface area (TPSA) is 62.4 Å². The van der Waals surface area contributed by atoms with Gasteiger partial charge in [-0.2, -0.15) is 0 Å². The first kappa shape index (κ1) is 9.07. The number of thioether (sulfide) groups is 1. The molecule has 3 nitrogen and oxygen atoms in total. The van der Waals surface area contributed by atoms with Gasteiger partial charge in [0, 0.05) is 5.75 Å². The van der Waals surface area contributed by atoms with Gasteiger partial charge in [-0.15, -0.1) is 12.4 Å². The number of nitrogens with one attached hydrogen (secondary N) is 1. The average Bonchev–Trinajstić information content (AvgIpc) is 2.41. The zero-order chi connectivity index (χ0) is 5.98. The van der Waals surface area contributed by atoms with Gasteiger partial charge in [0.05, 0.1) is 12.7 Å². The van der Waals surface area contributed by atoms with Crippen LogP contribution in [0, 0.1) is 5.41 Å². The fraction of sp³-hybridized carbons (Fsp3) is 0.750. The molecule has 0 spiro atoms. The number of ether oxygens (including phenoxy) is 1. The van der Waals surface area contributed by atoms with E-state index in [1.54, 1.807) is 0 Å². The first-order chi connectivity index (χ1) is 3.79. The maximum atomic E-state index is 6.80. The number of hydrogen-bond donors (Lipinski definition) is 2. The van der Waals surface area contributed by atoms with Crippen molar-refractivity contribution >= 4 is 29.3 Å². The van der Waals surface area contributed by atoms with Crippen LogP contribution in [0.3, 0.4) is 0 Å². The Morgan fingerprint density at radius 3 is 2.78 bits per heavy atom. The number of amidine groups is 1. The zero-order valence-corrected chi connectivity index (χ0v) is 6.43. The lowest BCUT2D eigenvalue weighted by atomic mass is 10.6. The molecule has 0 aromatic carbocycles. The van der Waals surface area contributed by atoms with Gasteiger partial charge >= 0.3 is 0 Å². The molecule has 3 N–H and O–H groups in total. The molecule has 0 aromatic rings. The number of rotatable bonds is 2. The summed E-state index contributed by atoms with van der Waals surface area (Å²) in [6.45, 7) is 0.848. The second-order valence-corrected chi connectivity index (χ2v) is 2.69. The average molecular weight is 169 g/mol. The molecular formula is C4H9ClN2OS. The van der Waals surface area contributed by atoms with Crippen LogP contribution in [-0.2, 0) is 4.74 Å². The van der Waals surface area contributed by atoms with Gasteiger partial charge in [0.2, 0.25) is 0 Å². The summed E-state index contributed by atoms with van der Waals surface area (Å²) >= 11 is 1.34. The molecule has 0 aromatic heterocycles. The molecule has 1 rings (SSSR count). The van der Waals surface area contributed by atoms with E-state index in [9.17, 15) is 0 Å². The van der Waals surface area contributed by atoms with Crippen molar-refractivity contribution in [3.63, 3.8) is 0 Å². The Hall–Kier alpha value is 0.0700. The van der Waals surface area contributed by atoms with E-state index in [1.165, 1.54) is 11.8 Å². The maximum absolute atomic E-state index is 6.80. The molecule has 5 heteroatoms. The third-order valence-electron chi connectivity index (χ3n) is 0.827. The zero-order valence-electron chi connectivity index (χ0n) is 4.79. The smallest absolute Gasteiger partial charge is 0.151 e. The molecule has 1 aliphatic rings. The Morgan fingerprint density at radius 2 is 2.44 bits per heavy atom. The highest BCUT2D eigenvalue weighted by Gasteiger charge is 2.22. The summed E-state index contributed by atoms with van der Waals surface area (Å²) in [5.41, 5.74) is 5.06. The number of nitrogens with two attached hydrogens (primary N) is 1. The summed E-state index contributed by atoms with van der Waals surface area (Å²) in [4.78, 5) is 0. The highest BCUT2D eigenvalue weighted by atomic mass is 35.5. The minimum Gasteiger partial charge on any atom is -0.379 e. The van der Waals surface area contributed by atoms with E-state index in [-0.39, 0.29) is 17.6 Å². The Balaban J connectivity index is 0.000000640. The van der Waals surface area contributed by atoms with Crippen molar-refractivity contribution in [1.29, 1.82) is 5.41 Å². The molecule has 1 saturated heterocycles. The fourth-order valence-corrected chi connectivity index (χ4v) is 0.905. The second-order valence-electron chi connectivity index (χ2n) is 1.63. The molecule has 0 amide bonds. The predicted molar refractivity (Wildman–Crippen MR) is 41.4 cm³/mol. The number of hydrogen-bond acceptors (Lipinski definition) is 3. The molecule has 1 aliphatic heterocycles. The van der Waals surface area contributed by atoms with Crippen molar-refractivity contribution in [3.8, 4) is 0 Å². The lowest BCUT2D eigenvalue weighted by Gasteiger charge is -1.90. The van der Waals surface area contributed by atoms with E-state index in [2.05, 4.69) is 0 Å². The van der Waals surface area contributed by atoms with E-state index < -0.39 is 0 Å². The van der Waals surface area contributed by atoms with Crippen LogP contribution in [0.25, 0.3) is 0 Å². The van der Waals surface area contributed by atoms with Gasteiger partial charge in [-0.1, -0.05) is 11.8 Å². The van der Waals surface area contributed by atoms with Crippen molar-refractivity contribution in [3.05, 3.63) is 0 Å². The predicted octanol–water partition coefficient (Wildman–Crippen LogP) is 0.434. The third-order valence-corrected chi connectivity index (χ3v) is 1.68. The molecule has 1 heterocycles.